The fourth-order valence-electron chi connectivity index (χ4n) is 2.84. The number of aliphatic hydroxyl groups is 1. The molecular weight excluding hydrogens is 401 g/mol. The first kappa shape index (κ1) is 22.1. The average Bonchev–Trinajstić information content (AvgIpc) is 3.13. The molecule has 0 aliphatic rings. The second-order valence-electron chi connectivity index (χ2n) is 8.01. The van der Waals surface area contributed by atoms with Crippen LogP contribution in [0.5, 0.6) is 0 Å². The SMILES string of the molecule is CC(C)Nc1cc(-n2cnc3cc(C#N)cnc32)ncc1C(=O)NCC(F)C(C)(C)O. The van der Waals surface area contributed by atoms with E-state index in [1.165, 1.54) is 32.6 Å². The number of nitrogens with zero attached hydrogens (tertiary/aromatic N) is 5. The molecule has 3 aromatic rings. The van der Waals surface area contributed by atoms with E-state index in [4.69, 9.17) is 5.26 Å². The smallest absolute Gasteiger partial charge is 0.255 e. The molecule has 31 heavy (non-hydrogen) atoms. The Morgan fingerprint density at radius 1 is 1.29 bits per heavy atom. The minimum Gasteiger partial charge on any atom is -0.387 e. The molecule has 0 spiro atoms. The minimum absolute atomic E-state index is 0.0166. The number of fused-ring (bicyclic) bond motifs is 1. The maximum Gasteiger partial charge on any atom is 0.255 e. The molecule has 0 radical (unpaired) electrons. The number of nitrogens with one attached hydrogen (secondary N) is 2. The van der Waals surface area contributed by atoms with Gasteiger partial charge in [-0.15, -0.1) is 0 Å². The van der Waals surface area contributed by atoms with Crippen LogP contribution in [0.4, 0.5) is 10.1 Å². The number of hydrogen-bond acceptors (Lipinski definition) is 7. The van der Waals surface area contributed by atoms with E-state index in [9.17, 15) is 14.3 Å². The summed E-state index contributed by atoms with van der Waals surface area (Å²) in [5.74, 6) is -0.0411. The number of nitriles is 1. The molecular formula is C21H24FN7O2. The second-order valence-corrected chi connectivity index (χ2v) is 8.01. The van der Waals surface area contributed by atoms with Crippen molar-refractivity contribution >= 4 is 22.8 Å². The van der Waals surface area contributed by atoms with Crippen LogP contribution in [0, 0.1) is 11.3 Å². The minimum atomic E-state index is -1.62. The molecule has 0 aromatic carbocycles. The molecule has 0 aliphatic carbocycles. The van der Waals surface area contributed by atoms with Crippen molar-refractivity contribution < 1.29 is 14.3 Å². The number of amides is 1. The number of halogens is 1. The highest BCUT2D eigenvalue weighted by molar-refractivity contribution is 5.99. The number of carbonyl (C=O) groups excluding carboxylic acids is 1. The molecule has 1 amide bonds. The number of imidazole rings is 1. The van der Waals surface area contributed by atoms with Crippen LogP contribution in [-0.4, -0.2) is 54.9 Å². The van der Waals surface area contributed by atoms with Crippen LogP contribution in [0.3, 0.4) is 0 Å². The molecule has 3 aromatic heterocycles. The van der Waals surface area contributed by atoms with Gasteiger partial charge in [0.25, 0.3) is 5.91 Å². The molecule has 1 unspecified atom stereocenters. The lowest BCUT2D eigenvalue weighted by Crippen LogP contribution is -2.42. The highest BCUT2D eigenvalue weighted by Crippen LogP contribution is 2.22. The molecule has 1 atom stereocenters. The summed E-state index contributed by atoms with van der Waals surface area (Å²) in [6.45, 7) is 6.20. The van der Waals surface area contributed by atoms with E-state index in [0.29, 0.717) is 28.2 Å². The van der Waals surface area contributed by atoms with E-state index in [0.717, 1.165) is 0 Å². The van der Waals surface area contributed by atoms with Crippen LogP contribution in [0.15, 0.2) is 30.9 Å². The molecule has 10 heteroatoms. The maximum atomic E-state index is 14.0. The lowest BCUT2D eigenvalue weighted by molar-refractivity contribution is -0.00177. The Hall–Kier alpha value is -3.58. The van der Waals surface area contributed by atoms with Gasteiger partial charge in [-0.05, 0) is 33.8 Å². The first-order valence-corrected chi connectivity index (χ1v) is 9.75. The van der Waals surface area contributed by atoms with Crippen molar-refractivity contribution in [2.75, 3.05) is 11.9 Å². The molecule has 0 saturated heterocycles. The van der Waals surface area contributed by atoms with Crippen molar-refractivity contribution in [2.45, 2.75) is 45.5 Å². The molecule has 3 N–H and O–H groups in total. The zero-order valence-electron chi connectivity index (χ0n) is 17.7. The monoisotopic (exact) mass is 425 g/mol. The molecule has 0 fully saturated rings. The van der Waals surface area contributed by atoms with Gasteiger partial charge in [0.2, 0.25) is 0 Å². The summed E-state index contributed by atoms with van der Waals surface area (Å²) in [5, 5.41) is 24.4. The number of hydrogen-bond donors (Lipinski definition) is 3. The standard InChI is InChI=1S/C21H24FN7O2/c1-12(2)28-15-6-18(29-11-27-16-5-13(7-23)8-25-19(16)29)24-9-14(15)20(30)26-10-17(22)21(3,4)31/h5-6,8-9,11-12,17,31H,10H2,1-4H3,(H,24,28)(H,26,30). The van der Waals surface area contributed by atoms with E-state index >= 15 is 0 Å². The zero-order valence-corrected chi connectivity index (χ0v) is 17.7. The highest BCUT2D eigenvalue weighted by Gasteiger charge is 2.27. The Morgan fingerprint density at radius 2 is 2.03 bits per heavy atom. The fourth-order valence-corrected chi connectivity index (χ4v) is 2.84. The summed E-state index contributed by atoms with van der Waals surface area (Å²) in [6, 6.07) is 5.35. The molecule has 3 rings (SSSR count). The molecule has 162 valence electrons. The molecule has 0 bridgehead atoms. The van der Waals surface area contributed by atoms with E-state index in [2.05, 4.69) is 25.6 Å². The molecule has 0 saturated carbocycles. The van der Waals surface area contributed by atoms with Gasteiger partial charge in [-0.25, -0.2) is 19.3 Å². The number of carbonyl (C=O) groups is 1. The van der Waals surface area contributed by atoms with Gasteiger partial charge < -0.3 is 15.7 Å². The average molecular weight is 425 g/mol. The van der Waals surface area contributed by atoms with Crippen molar-refractivity contribution in [3.05, 3.63) is 42.0 Å². The topological polar surface area (TPSA) is 129 Å². The van der Waals surface area contributed by atoms with Crippen molar-refractivity contribution in [3.63, 3.8) is 0 Å². The normalized spacial score (nSPS) is 12.6. The number of aromatic nitrogens is 4. The number of rotatable bonds is 7. The van der Waals surface area contributed by atoms with Crippen LogP contribution in [0.1, 0.15) is 43.6 Å². The number of anilines is 1. The summed E-state index contributed by atoms with van der Waals surface area (Å²) in [6.07, 6.45) is 2.76. The van der Waals surface area contributed by atoms with E-state index < -0.39 is 17.7 Å². The predicted molar refractivity (Wildman–Crippen MR) is 114 cm³/mol. The van der Waals surface area contributed by atoms with Crippen LogP contribution in [0.2, 0.25) is 0 Å². The number of alkyl halides is 1. The van der Waals surface area contributed by atoms with Gasteiger partial charge in [0.05, 0.1) is 29.0 Å². The summed E-state index contributed by atoms with van der Waals surface area (Å²) < 4.78 is 15.7. The summed E-state index contributed by atoms with van der Waals surface area (Å²) in [5.41, 5.74) is 0.648. The Balaban J connectivity index is 1.93. The van der Waals surface area contributed by atoms with Gasteiger partial charge in [0.15, 0.2) is 5.65 Å². The number of pyridine rings is 2. The van der Waals surface area contributed by atoms with E-state index in [1.54, 1.807) is 16.7 Å². The van der Waals surface area contributed by atoms with Gasteiger partial charge in [-0.3, -0.25) is 9.36 Å². The van der Waals surface area contributed by atoms with Gasteiger partial charge in [-0.1, -0.05) is 0 Å². The van der Waals surface area contributed by atoms with Crippen molar-refractivity contribution in [3.8, 4) is 11.9 Å². The first-order chi connectivity index (χ1) is 14.6. The summed E-state index contributed by atoms with van der Waals surface area (Å²) in [7, 11) is 0. The molecule has 0 aliphatic heterocycles. The van der Waals surface area contributed by atoms with E-state index in [1.807, 2.05) is 19.9 Å². The van der Waals surface area contributed by atoms with Gasteiger partial charge >= 0.3 is 0 Å². The largest absolute Gasteiger partial charge is 0.387 e. The third-order valence-corrected chi connectivity index (χ3v) is 4.55. The third kappa shape index (κ3) is 4.95. The second kappa shape index (κ2) is 8.65. The van der Waals surface area contributed by atoms with Crippen molar-refractivity contribution in [1.29, 1.82) is 5.26 Å². The highest BCUT2D eigenvalue weighted by atomic mass is 19.1. The van der Waals surface area contributed by atoms with Crippen LogP contribution in [0.25, 0.3) is 17.0 Å². The summed E-state index contributed by atoms with van der Waals surface area (Å²) >= 11 is 0. The van der Waals surface area contributed by atoms with Crippen molar-refractivity contribution in [2.24, 2.45) is 0 Å². The summed E-state index contributed by atoms with van der Waals surface area (Å²) in [4.78, 5) is 25.6. The first-order valence-electron chi connectivity index (χ1n) is 9.75. The van der Waals surface area contributed by atoms with Gasteiger partial charge in [0, 0.05) is 24.5 Å². The zero-order chi connectivity index (χ0) is 22.8. The Morgan fingerprint density at radius 3 is 2.68 bits per heavy atom. The fraction of sp³-hybridized carbons (Fsp3) is 0.381. The lowest BCUT2D eigenvalue weighted by Gasteiger charge is -2.23. The predicted octanol–water partition coefficient (Wildman–Crippen LogP) is 2.35. The van der Waals surface area contributed by atoms with Crippen molar-refractivity contribution in [1.82, 2.24) is 24.8 Å². The maximum absolute atomic E-state index is 14.0. The molecule has 3 heterocycles. The van der Waals surface area contributed by atoms with Crippen LogP contribution < -0.4 is 10.6 Å². The van der Waals surface area contributed by atoms with Crippen LogP contribution in [-0.2, 0) is 0 Å². The Kier molecular flexibility index (Phi) is 6.17. The lowest BCUT2D eigenvalue weighted by atomic mass is 10.0. The third-order valence-electron chi connectivity index (χ3n) is 4.55. The van der Waals surface area contributed by atoms with E-state index in [-0.39, 0.29) is 18.2 Å². The Labute approximate surface area is 179 Å². The van der Waals surface area contributed by atoms with Gasteiger partial charge in [0.1, 0.15) is 29.9 Å². The van der Waals surface area contributed by atoms with Crippen LogP contribution >= 0.6 is 0 Å². The quantitative estimate of drug-likeness (QED) is 0.530. The Bertz CT molecular complexity index is 1140. The van der Waals surface area contributed by atoms with Gasteiger partial charge in [-0.2, -0.15) is 5.26 Å². The molecule has 9 nitrogen and oxygen atoms in total.